The number of nitrogens with two attached hydrogens (primary N) is 1. The van der Waals surface area contributed by atoms with Crippen molar-refractivity contribution < 1.29 is 13.2 Å². The minimum Gasteiger partial charge on any atom is -0.457 e. The Balaban J connectivity index is 1.34. The van der Waals surface area contributed by atoms with Crippen molar-refractivity contribution >= 4 is 27.0 Å². The monoisotopic (exact) mass is 518 g/mol. The van der Waals surface area contributed by atoms with Crippen molar-refractivity contribution in [2.24, 2.45) is 11.8 Å². The number of hydrogen-bond donors (Lipinski definition) is 1. The van der Waals surface area contributed by atoms with Crippen molar-refractivity contribution in [2.45, 2.75) is 18.9 Å². The van der Waals surface area contributed by atoms with Crippen LogP contribution in [0, 0.1) is 11.8 Å². The molecule has 2 fully saturated rings. The van der Waals surface area contributed by atoms with Crippen LogP contribution in [0.15, 0.2) is 77.7 Å². The molecule has 0 radical (unpaired) electrons. The lowest BCUT2D eigenvalue weighted by Crippen LogP contribution is -2.30. The second-order valence-electron chi connectivity index (χ2n) is 9.50. The lowest BCUT2D eigenvalue weighted by Gasteiger charge is -2.17. The summed E-state index contributed by atoms with van der Waals surface area (Å²) in [6, 6.07) is 16.5. The van der Waals surface area contributed by atoms with Gasteiger partial charge in [-0.15, -0.1) is 0 Å². The first kappa shape index (κ1) is 23.4. The Hall–Kier alpha value is -3.96. The molecule has 1 aliphatic carbocycles. The number of rotatable bonds is 6. The first-order valence-electron chi connectivity index (χ1n) is 12.0. The van der Waals surface area contributed by atoms with E-state index >= 15 is 0 Å². The molecule has 2 aromatic carbocycles. The zero-order valence-electron chi connectivity index (χ0n) is 20.0. The molecule has 0 bridgehead atoms. The molecule has 2 aromatic heterocycles. The van der Waals surface area contributed by atoms with Crippen molar-refractivity contribution in [1.29, 1.82) is 0 Å². The van der Waals surface area contributed by atoms with Crippen LogP contribution in [0.4, 0.5) is 5.82 Å². The van der Waals surface area contributed by atoms with Gasteiger partial charge in [0.1, 0.15) is 23.3 Å². The molecule has 0 spiro atoms. The Morgan fingerprint density at radius 2 is 1.62 bits per heavy atom. The van der Waals surface area contributed by atoms with E-state index in [2.05, 4.69) is 16.5 Å². The fourth-order valence-electron chi connectivity index (χ4n) is 5.67. The number of nitrogen functional groups attached to an aromatic ring is 1. The molecule has 2 N–H and O–H groups in total. The molecule has 6 rings (SSSR count). The zero-order chi connectivity index (χ0) is 25.7. The average molecular weight is 519 g/mol. The number of imidazole rings is 1. The fraction of sp³-hybridized carbons (Fsp3) is 0.269. The molecule has 3 heterocycles. The normalized spacial score (nSPS) is 21.8. The summed E-state index contributed by atoms with van der Waals surface area (Å²) in [5.74, 6) is 1.90. The summed E-state index contributed by atoms with van der Waals surface area (Å²) in [5, 5.41) is 1.000. The molecule has 1 saturated heterocycles. The summed E-state index contributed by atoms with van der Waals surface area (Å²) in [5.41, 5.74) is 7.55. The summed E-state index contributed by atoms with van der Waals surface area (Å²) >= 11 is 0. The van der Waals surface area contributed by atoms with Gasteiger partial charge in [0.15, 0.2) is 11.5 Å². The maximum atomic E-state index is 13.8. The molecule has 4 aromatic rings. The van der Waals surface area contributed by atoms with Crippen molar-refractivity contribution in [3.05, 3.63) is 83.4 Å². The number of aromatic nitrogens is 4. The smallest absolute Gasteiger partial charge is 0.335 e. The predicted molar refractivity (Wildman–Crippen MR) is 140 cm³/mol. The quantitative estimate of drug-likeness (QED) is 0.415. The molecule has 2 atom stereocenters. The van der Waals surface area contributed by atoms with E-state index in [-0.39, 0.29) is 29.4 Å². The molecule has 1 aliphatic heterocycles. The third kappa shape index (κ3) is 4.00. The van der Waals surface area contributed by atoms with Gasteiger partial charge >= 0.3 is 5.69 Å². The minimum absolute atomic E-state index is 0.116. The first-order valence-corrected chi connectivity index (χ1v) is 13.6. The molecule has 190 valence electrons. The summed E-state index contributed by atoms with van der Waals surface area (Å²) in [6.07, 6.45) is 2.73. The fourth-order valence-corrected chi connectivity index (χ4v) is 6.68. The summed E-state index contributed by atoms with van der Waals surface area (Å²) in [7, 11) is -3.45. The first-order chi connectivity index (χ1) is 17.9. The lowest BCUT2D eigenvalue weighted by molar-refractivity contribution is 0.406. The number of benzene rings is 2. The van der Waals surface area contributed by atoms with E-state index in [0.717, 1.165) is 5.41 Å². The molecule has 37 heavy (non-hydrogen) atoms. The number of nitrogens with zero attached hydrogens (tertiary/aromatic N) is 5. The standard InChI is InChI=1S/C26H26N6O4S/c1-2-37(34,35)30-14-17-12-20(13-18(17)15-30)32-25-23(24(27)28-16-29-25)31(26(32)33)19-8-10-22(11-9-19)36-21-6-4-3-5-7-21/h2-11,16-18,20H,1,12-15H2,(H2,27,28,29). The largest absolute Gasteiger partial charge is 0.457 e. The summed E-state index contributed by atoms with van der Waals surface area (Å²) < 4.78 is 35.1. The van der Waals surface area contributed by atoms with E-state index < -0.39 is 10.0 Å². The Labute approximate surface area is 213 Å². The number of fused-ring (bicyclic) bond motifs is 2. The van der Waals surface area contributed by atoms with Gasteiger partial charge in [0.25, 0.3) is 0 Å². The average Bonchev–Trinajstić information content (AvgIpc) is 3.56. The van der Waals surface area contributed by atoms with Gasteiger partial charge in [-0.1, -0.05) is 24.8 Å². The van der Waals surface area contributed by atoms with E-state index in [9.17, 15) is 13.2 Å². The lowest BCUT2D eigenvalue weighted by atomic mass is 10.0. The zero-order valence-corrected chi connectivity index (χ0v) is 20.8. The molecule has 11 heteroatoms. The Kier molecular flexibility index (Phi) is 5.61. The van der Waals surface area contributed by atoms with Gasteiger partial charge in [-0.3, -0.25) is 9.13 Å². The number of anilines is 1. The highest BCUT2D eigenvalue weighted by atomic mass is 32.2. The van der Waals surface area contributed by atoms with Crippen LogP contribution in [0.2, 0.25) is 0 Å². The highest BCUT2D eigenvalue weighted by Gasteiger charge is 2.45. The van der Waals surface area contributed by atoms with E-state index in [1.807, 2.05) is 30.3 Å². The predicted octanol–water partition coefficient (Wildman–Crippen LogP) is 3.31. The highest BCUT2D eigenvalue weighted by Crippen LogP contribution is 2.45. The van der Waals surface area contributed by atoms with E-state index in [1.54, 1.807) is 33.4 Å². The van der Waals surface area contributed by atoms with Crippen LogP contribution in [-0.4, -0.2) is 44.9 Å². The second-order valence-corrected chi connectivity index (χ2v) is 11.4. The van der Waals surface area contributed by atoms with Crippen molar-refractivity contribution in [3.8, 4) is 17.2 Å². The number of para-hydroxylation sites is 1. The van der Waals surface area contributed by atoms with Crippen LogP contribution >= 0.6 is 0 Å². The third-order valence-corrected chi connectivity index (χ3v) is 8.82. The van der Waals surface area contributed by atoms with Gasteiger partial charge in [-0.05, 0) is 61.1 Å². The summed E-state index contributed by atoms with van der Waals surface area (Å²) in [6.45, 7) is 4.30. The van der Waals surface area contributed by atoms with E-state index in [0.29, 0.717) is 54.3 Å². The van der Waals surface area contributed by atoms with E-state index in [4.69, 9.17) is 10.5 Å². The Morgan fingerprint density at radius 3 is 2.27 bits per heavy atom. The van der Waals surface area contributed by atoms with Gasteiger partial charge in [-0.2, -0.15) is 4.31 Å². The van der Waals surface area contributed by atoms with Crippen LogP contribution in [0.3, 0.4) is 0 Å². The van der Waals surface area contributed by atoms with Crippen LogP contribution in [-0.2, 0) is 10.0 Å². The Bertz CT molecular complexity index is 1630. The number of sulfonamides is 1. The highest BCUT2D eigenvalue weighted by molar-refractivity contribution is 7.92. The molecule has 0 amide bonds. The maximum Gasteiger partial charge on any atom is 0.335 e. The van der Waals surface area contributed by atoms with Crippen molar-refractivity contribution in [2.75, 3.05) is 18.8 Å². The molecule has 1 saturated carbocycles. The topological polar surface area (TPSA) is 125 Å². The number of ether oxygens (including phenoxy) is 1. The molecular formula is C26H26N6O4S. The maximum absolute atomic E-state index is 13.8. The second kappa shape index (κ2) is 8.86. The van der Waals surface area contributed by atoms with Gasteiger partial charge in [0, 0.05) is 24.5 Å². The van der Waals surface area contributed by atoms with Gasteiger partial charge in [0.05, 0.1) is 5.69 Å². The third-order valence-electron chi connectivity index (χ3n) is 7.38. The van der Waals surface area contributed by atoms with Gasteiger partial charge in [0.2, 0.25) is 10.0 Å². The van der Waals surface area contributed by atoms with Crippen molar-refractivity contribution in [3.63, 3.8) is 0 Å². The van der Waals surface area contributed by atoms with Crippen LogP contribution in [0.5, 0.6) is 11.5 Å². The van der Waals surface area contributed by atoms with Crippen LogP contribution in [0.1, 0.15) is 18.9 Å². The van der Waals surface area contributed by atoms with Gasteiger partial charge in [-0.25, -0.2) is 23.2 Å². The summed E-state index contributed by atoms with van der Waals surface area (Å²) in [4.78, 5) is 22.4. The van der Waals surface area contributed by atoms with Crippen molar-refractivity contribution in [1.82, 2.24) is 23.4 Å². The number of hydrogen-bond acceptors (Lipinski definition) is 7. The molecule has 2 unspecified atom stereocenters. The van der Waals surface area contributed by atoms with Gasteiger partial charge < -0.3 is 10.5 Å². The SMILES string of the molecule is C=CS(=O)(=O)N1CC2CC(n3c(=O)n(-c4ccc(Oc5ccccc5)cc4)c4c(N)ncnc43)CC2C1. The molecular weight excluding hydrogens is 492 g/mol. The van der Waals surface area contributed by atoms with Crippen LogP contribution in [0.25, 0.3) is 16.9 Å². The minimum atomic E-state index is -3.45. The molecule has 10 nitrogen and oxygen atoms in total. The molecule has 2 aliphatic rings. The Morgan fingerprint density at radius 1 is 0.973 bits per heavy atom. The van der Waals surface area contributed by atoms with E-state index in [1.165, 1.54) is 10.6 Å². The van der Waals surface area contributed by atoms with Crippen LogP contribution < -0.4 is 16.2 Å².